The van der Waals surface area contributed by atoms with Crippen molar-refractivity contribution >= 4 is 34.1 Å². The number of hydrazone groups is 1. The van der Waals surface area contributed by atoms with E-state index in [-0.39, 0.29) is 12.2 Å². The smallest absolute Gasteiger partial charge is 0.337 e. The van der Waals surface area contributed by atoms with Gasteiger partial charge in [0, 0.05) is 10.2 Å². The van der Waals surface area contributed by atoms with Gasteiger partial charge in [0.2, 0.25) is 0 Å². The standard InChI is InChI=1S/C25H29BrN4O6/c1-5-35-20-11-17(23-22(24(32)34-4)15(3)28-25(33)29-23)8-9-19(20)36-13-21(31)30-27-12-16-7-6-14(2)18(26)10-16/h6-12,21,23,30-31H,5,13H2,1-4H3,(H2,28,29,33)/b27-12+/t21-,23+/m0/s1. The monoisotopic (exact) mass is 560 g/mol. The van der Waals surface area contributed by atoms with E-state index >= 15 is 0 Å². The summed E-state index contributed by atoms with van der Waals surface area (Å²) >= 11 is 3.47. The van der Waals surface area contributed by atoms with E-state index in [4.69, 9.17) is 14.2 Å². The van der Waals surface area contributed by atoms with Gasteiger partial charge in [-0.2, -0.15) is 5.10 Å². The zero-order valence-electron chi connectivity index (χ0n) is 20.4. The summed E-state index contributed by atoms with van der Waals surface area (Å²) < 4.78 is 17.3. The van der Waals surface area contributed by atoms with Crippen molar-refractivity contribution < 1.29 is 28.9 Å². The second-order valence-electron chi connectivity index (χ2n) is 7.92. The van der Waals surface area contributed by atoms with Gasteiger partial charge in [-0.3, -0.25) is 5.43 Å². The Morgan fingerprint density at radius 3 is 2.69 bits per heavy atom. The number of rotatable bonds is 10. The van der Waals surface area contributed by atoms with Crippen LogP contribution in [0.25, 0.3) is 0 Å². The summed E-state index contributed by atoms with van der Waals surface area (Å²) in [6.45, 7) is 5.69. The van der Waals surface area contributed by atoms with Crippen molar-refractivity contribution in [1.29, 1.82) is 0 Å². The lowest BCUT2D eigenvalue weighted by atomic mass is 9.95. The highest BCUT2D eigenvalue weighted by molar-refractivity contribution is 9.10. The lowest BCUT2D eigenvalue weighted by Crippen LogP contribution is -2.45. The lowest BCUT2D eigenvalue weighted by molar-refractivity contribution is -0.136. The molecule has 192 valence electrons. The van der Waals surface area contributed by atoms with E-state index in [9.17, 15) is 14.7 Å². The minimum Gasteiger partial charge on any atom is -0.490 e. The van der Waals surface area contributed by atoms with Crippen molar-refractivity contribution in [3.8, 4) is 11.5 Å². The highest BCUT2D eigenvalue weighted by Crippen LogP contribution is 2.34. The molecule has 2 aromatic carbocycles. The van der Waals surface area contributed by atoms with Gasteiger partial charge in [0.1, 0.15) is 6.61 Å². The fraction of sp³-hybridized carbons (Fsp3) is 0.320. The Morgan fingerprint density at radius 2 is 2.00 bits per heavy atom. The molecule has 0 spiro atoms. The summed E-state index contributed by atoms with van der Waals surface area (Å²) in [5.74, 6) is 0.217. The zero-order chi connectivity index (χ0) is 26.2. The van der Waals surface area contributed by atoms with Crippen molar-refractivity contribution in [2.24, 2.45) is 5.10 Å². The van der Waals surface area contributed by atoms with Crippen LogP contribution in [0.5, 0.6) is 11.5 Å². The molecule has 0 aromatic heterocycles. The molecule has 3 rings (SSSR count). The third-order valence-corrected chi connectivity index (χ3v) is 6.16. The van der Waals surface area contributed by atoms with Gasteiger partial charge in [0.25, 0.3) is 0 Å². The van der Waals surface area contributed by atoms with Crippen LogP contribution in [0.2, 0.25) is 0 Å². The summed E-state index contributed by atoms with van der Waals surface area (Å²) in [6.07, 6.45) is 0.514. The molecule has 2 aromatic rings. The molecule has 2 atom stereocenters. The average Bonchev–Trinajstić information content (AvgIpc) is 2.84. The van der Waals surface area contributed by atoms with Gasteiger partial charge in [-0.05, 0) is 55.7 Å². The number of methoxy groups -OCH3 is 1. The first-order valence-electron chi connectivity index (χ1n) is 11.2. The zero-order valence-corrected chi connectivity index (χ0v) is 22.0. The molecule has 1 heterocycles. The Balaban J connectivity index is 1.70. The van der Waals surface area contributed by atoms with E-state index in [2.05, 4.69) is 37.1 Å². The topological polar surface area (TPSA) is 131 Å². The molecule has 0 saturated heterocycles. The van der Waals surface area contributed by atoms with Crippen LogP contribution in [0.15, 0.2) is 57.2 Å². The normalized spacial score (nSPS) is 16.3. The maximum atomic E-state index is 12.4. The van der Waals surface area contributed by atoms with Crippen molar-refractivity contribution in [1.82, 2.24) is 16.1 Å². The third-order valence-electron chi connectivity index (χ3n) is 5.31. The first-order chi connectivity index (χ1) is 17.2. The van der Waals surface area contributed by atoms with E-state index < -0.39 is 24.3 Å². The predicted octanol–water partition coefficient (Wildman–Crippen LogP) is 3.28. The number of nitrogens with zero attached hydrogens (tertiary/aromatic N) is 1. The maximum Gasteiger partial charge on any atom is 0.337 e. The molecular formula is C25H29BrN4O6. The number of carbonyl (C=O) groups is 2. The van der Waals surface area contributed by atoms with Crippen LogP contribution in [0.3, 0.4) is 0 Å². The Bertz CT molecular complexity index is 1180. The van der Waals surface area contributed by atoms with Crippen LogP contribution in [0, 0.1) is 6.92 Å². The molecule has 36 heavy (non-hydrogen) atoms. The SMILES string of the molecule is CCOc1cc([C@H]2NC(=O)NC(C)=C2C(=O)OC)ccc1OC[C@H](O)N/N=C/c1ccc(C)c(Br)c1. The highest BCUT2D eigenvalue weighted by Gasteiger charge is 2.32. The number of amides is 2. The van der Waals surface area contributed by atoms with Gasteiger partial charge in [-0.1, -0.05) is 34.1 Å². The maximum absolute atomic E-state index is 12.4. The molecular weight excluding hydrogens is 532 g/mol. The summed E-state index contributed by atoms with van der Waals surface area (Å²) in [6, 6.07) is 9.67. The predicted molar refractivity (Wildman–Crippen MR) is 138 cm³/mol. The van der Waals surface area contributed by atoms with Crippen molar-refractivity contribution in [3.05, 3.63) is 68.8 Å². The van der Waals surface area contributed by atoms with Crippen LogP contribution in [0.4, 0.5) is 4.79 Å². The van der Waals surface area contributed by atoms with Crippen LogP contribution >= 0.6 is 15.9 Å². The Kier molecular flexibility index (Phi) is 9.31. The van der Waals surface area contributed by atoms with Gasteiger partial charge < -0.3 is 30.0 Å². The molecule has 1 aliphatic heterocycles. The first-order valence-corrected chi connectivity index (χ1v) is 12.0. The number of halogens is 1. The van der Waals surface area contributed by atoms with Crippen molar-refractivity contribution in [2.45, 2.75) is 33.0 Å². The third kappa shape index (κ3) is 6.76. The quantitative estimate of drug-likeness (QED) is 0.152. The fourth-order valence-corrected chi connectivity index (χ4v) is 3.91. The van der Waals surface area contributed by atoms with E-state index in [1.807, 2.05) is 32.0 Å². The van der Waals surface area contributed by atoms with Gasteiger partial charge in [0.05, 0.1) is 31.5 Å². The second-order valence-corrected chi connectivity index (χ2v) is 8.78. The van der Waals surface area contributed by atoms with E-state index in [0.29, 0.717) is 29.4 Å². The molecule has 0 aliphatic carbocycles. The molecule has 4 N–H and O–H groups in total. The minimum atomic E-state index is -1.08. The van der Waals surface area contributed by atoms with Crippen molar-refractivity contribution in [2.75, 3.05) is 20.3 Å². The molecule has 1 aliphatic rings. The number of aliphatic hydroxyl groups excluding tert-OH is 1. The van der Waals surface area contributed by atoms with Crippen LogP contribution < -0.4 is 25.5 Å². The molecule has 0 unspecified atom stereocenters. The first kappa shape index (κ1) is 27.0. The lowest BCUT2D eigenvalue weighted by Gasteiger charge is -2.28. The summed E-state index contributed by atoms with van der Waals surface area (Å²) in [5.41, 5.74) is 5.88. The molecule has 0 radical (unpaired) electrons. The van der Waals surface area contributed by atoms with E-state index in [1.54, 1.807) is 31.3 Å². The Labute approximate surface area is 217 Å². The van der Waals surface area contributed by atoms with Crippen LogP contribution in [-0.2, 0) is 9.53 Å². The number of aliphatic hydroxyl groups is 1. The molecule has 2 amide bonds. The van der Waals surface area contributed by atoms with Crippen LogP contribution in [0.1, 0.15) is 36.6 Å². The second kappa shape index (κ2) is 12.4. The highest BCUT2D eigenvalue weighted by atomic mass is 79.9. The Hall–Kier alpha value is -3.57. The fourth-order valence-electron chi connectivity index (χ4n) is 3.51. The molecule has 10 nitrogen and oxygen atoms in total. The Morgan fingerprint density at radius 1 is 1.22 bits per heavy atom. The molecule has 0 saturated carbocycles. The summed E-state index contributed by atoms with van der Waals surface area (Å²) in [4.78, 5) is 24.4. The summed E-state index contributed by atoms with van der Waals surface area (Å²) in [5, 5.41) is 19.6. The molecule has 0 fully saturated rings. The molecule has 11 heteroatoms. The van der Waals surface area contributed by atoms with E-state index in [1.165, 1.54) is 7.11 Å². The number of esters is 1. The minimum absolute atomic E-state index is 0.106. The van der Waals surface area contributed by atoms with Crippen LogP contribution in [-0.4, -0.2) is 49.9 Å². The van der Waals surface area contributed by atoms with Gasteiger partial charge >= 0.3 is 12.0 Å². The average molecular weight is 561 g/mol. The number of allylic oxidation sites excluding steroid dienone is 1. The molecule has 0 bridgehead atoms. The largest absolute Gasteiger partial charge is 0.490 e. The van der Waals surface area contributed by atoms with Gasteiger partial charge in [-0.25, -0.2) is 9.59 Å². The number of carbonyl (C=O) groups excluding carboxylic acids is 2. The summed E-state index contributed by atoms with van der Waals surface area (Å²) in [7, 11) is 1.28. The van der Waals surface area contributed by atoms with Crippen molar-refractivity contribution in [3.63, 3.8) is 0 Å². The van der Waals surface area contributed by atoms with E-state index in [0.717, 1.165) is 15.6 Å². The number of benzene rings is 2. The number of ether oxygens (including phenoxy) is 3. The number of hydrogen-bond donors (Lipinski definition) is 4. The number of aryl methyl sites for hydroxylation is 1. The van der Waals surface area contributed by atoms with Gasteiger partial charge in [0.15, 0.2) is 17.7 Å². The number of urea groups is 1. The number of hydrogen-bond acceptors (Lipinski definition) is 8. The van der Waals surface area contributed by atoms with Gasteiger partial charge in [-0.15, -0.1) is 0 Å². The number of nitrogens with one attached hydrogen (secondary N) is 3.